The van der Waals surface area contributed by atoms with Crippen molar-refractivity contribution >= 4 is 23.2 Å². The molecule has 1 aromatic heterocycles. The van der Waals surface area contributed by atoms with E-state index in [9.17, 15) is 9.59 Å². The largest absolute Gasteiger partial charge is 0.459 e. The maximum absolute atomic E-state index is 11.9. The Morgan fingerprint density at radius 3 is 2.63 bits per heavy atom. The minimum absolute atomic E-state index is 0.0405. The lowest BCUT2D eigenvalue weighted by atomic mass is 10.2. The number of rotatable bonds is 3. The van der Waals surface area contributed by atoms with Crippen molar-refractivity contribution in [2.24, 2.45) is 0 Å². The fraction of sp³-hybridized carbons (Fsp3) is 0.333. The van der Waals surface area contributed by atoms with Crippen LogP contribution in [0.4, 0.5) is 0 Å². The maximum Gasteiger partial charge on any atom is 0.326 e. The number of aldehydes is 1. The molecule has 19 heavy (non-hydrogen) atoms. The van der Waals surface area contributed by atoms with Crippen LogP contribution in [0.5, 0.6) is 0 Å². The second-order valence-corrected chi connectivity index (χ2v) is 5.42. The van der Waals surface area contributed by atoms with Crippen LogP contribution in [0.1, 0.15) is 31.3 Å². The van der Waals surface area contributed by atoms with Crippen LogP contribution in [0.15, 0.2) is 30.3 Å². The summed E-state index contributed by atoms with van der Waals surface area (Å²) in [6.07, 6.45) is 0.754. The second kappa shape index (κ2) is 4.88. The van der Waals surface area contributed by atoms with Gasteiger partial charge in [0, 0.05) is 10.9 Å². The lowest BCUT2D eigenvalue weighted by Gasteiger charge is -2.20. The number of carbonyl (C=O) groups excluding carboxylic acids is 2. The fourth-order valence-corrected chi connectivity index (χ4v) is 2.01. The van der Waals surface area contributed by atoms with Crippen LogP contribution in [0.25, 0.3) is 10.9 Å². The van der Waals surface area contributed by atoms with E-state index in [1.807, 2.05) is 45.0 Å². The summed E-state index contributed by atoms with van der Waals surface area (Å²) in [6.45, 7) is 5.50. The number of esters is 1. The zero-order valence-corrected chi connectivity index (χ0v) is 11.3. The van der Waals surface area contributed by atoms with Crippen LogP contribution >= 0.6 is 0 Å². The zero-order valence-electron chi connectivity index (χ0n) is 11.3. The third-order valence-electron chi connectivity index (χ3n) is 2.67. The molecule has 1 heterocycles. The Balaban J connectivity index is 2.34. The Kier molecular flexibility index (Phi) is 3.42. The number of aromatic nitrogens is 1. The molecule has 4 heteroatoms. The molecule has 0 fully saturated rings. The van der Waals surface area contributed by atoms with E-state index in [0.717, 1.165) is 17.2 Å². The van der Waals surface area contributed by atoms with Crippen molar-refractivity contribution in [2.75, 3.05) is 0 Å². The molecular weight excluding hydrogens is 242 g/mol. The van der Waals surface area contributed by atoms with Crippen molar-refractivity contribution in [3.05, 3.63) is 36.0 Å². The van der Waals surface area contributed by atoms with Gasteiger partial charge in [0.05, 0.1) is 5.69 Å². The molecular formula is C15H17NO3. The van der Waals surface area contributed by atoms with E-state index < -0.39 is 5.60 Å². The van der Waals surface area contributed by atoms with Crippen LogP contribution in [0, 0.1) is 0 Å². The predicted octanol–water partition coefficient (Wildman–Crippen LogP) is 2.80. The van der Waals surface area contributed by atoms with Gasteiger partial charge in [0.15, 0.2) is 6.29 Å². The van der Waals surface area contributed by atoms with E-state index in [-0.39, 0.29) is 12.5 Å². The number of fused-ring (bicyclic) bond motifs is 1. The van der Waals surface area contributed by atoms with Crippen molar-refractivity contribution in [3.63, 3.8) is 0 Å². The van der Waals surface area contributed by atoms with Gasteiger partial charge in [-0.25, -0.2) is 0 Å². The highest BCUT2D eigenvalue weighted by atomic mass is 16.6. The van der Waals surface area contributed by atoms with Crippen LogP contribution < -0.4 is 0 Å². The Labute approximate surface area is 112 Å². The van der Waals surface area contributed by atoms with Crippen molar-refractivity contribution in [1.82, 2.24) is 4.57 Å². The Morgan fingerprint density at radius 2 is 2.00 bits per heavy atom. The van der Waals surface area contributed by atoms with E-state index in [1.54, 1.807) is 10.6 Å². The summed E-state index contributed by atoms with van der Waals surface area (Å²) in [4.78, 5) is 23.0. The number of para-hydroxylation sites is 1. The number of carbonyl (C=O) groups is 2. The van der Waals surface area contributed by atoms with Gasteiger partial charge in [0.2, 0.25) is 0 Å². The third kappa shape index (κ3) is 3.02. The molecule has 0 radical (unpaired) electrons. The Bertz CT molecular complexity index is 620. The molecule has 0 aliphatic heterocycles. The average molecular weight is 259 g/mol. The molecule has 2 rings (SSSR count). The highest BCUT2D eigenvalue weighted by Crippen LogP contribution is 2.19. The highest BCUT2D eigenvalue weighted by Gasteiger charge is 2.18. The molecule has 0 saturated heterocycles. The molecule has 0 bridgehead atoms. The van der Waals surface area contributed by atoms with Crippen LogP contribution in [0.2, 0.25) is 0 Å². The third-order valence-corrected chi connectivity index (χ3v) is 2.67. The monoisotopic (exact) mass is 259 g/mol. The van der Waals surface area contributed by atoms with Gasteiger partial charge in [0.25, 0.3) is 0 Å². The van der Waals surface area contributed by atoms with Gasteiger partial charge in [-0.15, -0.1) is 0 Å². The molecule has 0 aliphatic rings. The average Bonchev–Trinajstić information content (AvgIpc) is 2.65. The smallest absolute Gasteiger partial charge is 0.326 e. The predicted molar refractivity (Wildman–Crippen MR) is 73.2 cm³/mol. The van der Waals surface area contributed by atoms with Crippen molar-refractivity contribution < 1.29 is 14.3 Å². The number of benzene rings is 1. The molecule has 0 unspecified atom stereocenters. The standard InChI is InChI=1S/C15H17NO3/c1-15(2,3)19-14(18)9-16-12(10-17)8-11-6-4-5-7-13(11)16/h4-8,10H,9H2,1-3H3. The SMILES string of the molecule is CC(C)(C)OC(=O)Cn1c(C=O)cc2ccccc21. The van der Waals surface area contributed by atoms with E-state index in [4.69, 9.17) is 4.74 Å². The highest BCUT2D eigenvalue weighted by molar-refractivity contribution is 5.90. The van der Waals surface area contributed by atoms with Crippen LogP contribution in [0.3, 0.4) is 0 Å². The molecule has 100 valence electrons. The van der Waals surface area contributed by atoms with Crippen molar-refractivity contribution in [2.45, 2.75) is 32.9 Å². The van der Waals surface area contributed by atoms with E-state index in [1.165, 1.54) is 0 Å². The number of hydrogen-bond donors (Lipinski definition) is 0. The van der Waals surface area contributed by atoms with Gasteiger partial charge in [-0.1, -0.05) is 18.2 Å². The molecule has 0 saturated carbocycles. The molecule has 1 aromatic carbocycles. The fourth-order valence-electron chi connectivity index (χ4n) is 2.01. The summed E-state index contributed by atoms with van der Waals surface area (Å²) in [5, 5.41) is 0.938. The number of nitrogens with zero attached hydrogens (tertiary/aromatic N) is 1. The Hall–Kier alpha value is -2.10. The molecule has 0 N–H and O–H groups in total. The summed E-state index contributed by atoms with van der Waals surface area (Å²) in [6, 6.07) is 9.34. The first-order chi connectivity index (χ1) is 8.90. The van der Waals surface area contributed by atoms with Gasteiger partial charge in [0.1, 0.15) is 12.1 Å². The molecule has 4 nitrogen and oxygen atoms in total. The summed E-state index contributed by atoms with van der Waals surface area (Å²) < 4.78 is 6.96. The van der Waals surface area contributed by atoms with Gasteiger partial charge in [-0.3, -0.25) is 9.59 Å². The van der Waals surface area contributed by atoms with Gasteiger partial charge >= 0.3 is 5.97 Å². The molecule has 0 atom stereocenters. The number of hydrogen-bond acceptors (Lipinski definition) is 3. The molecule has 2 aromatic rings. The number of ether oxygens (including phenoxy) is 1. The summed E-state index contributed by atoms with van der Waals surface area (Å²) in [5.41, 5.74) is 0.809. The summed E-state index contributed by atoms with van der Waals surface area (Å²) in [5.74, 6) is -0.350. The van der Waals surface area contributed by atoms with Crippen LogP contribution in [-0.2, 0) is 16.1 Å². The van der Waals surface area contributed by atoms with Gasteiger partial charge in [-0.05, 0) is 32.9 Å². The first-order valence-corrected chi connectivity index (χ1v) is 6.16. The zero-order chi connectivity index (χ0) is 14.0. The minimum Gasteiger partial charge on any atom is -0.459 e. The van der Waals surface area contributed by atoms with E-state index >= 15 is 0 Å². The first-order valence-electron chi connectivity index (χ1n) is 6.16. The lowest BCUT2D eigenvalue weighted by molar-refractivity contribution is -0.155. The quantitative estimate of drug-likeness (QED) is 0.629. The maximum atomic E-state index is 11.9. The van der Waals surface area contributed by atoms with Gasteiger partial charge in [-0.2, -0.15) is 0 Å². The molecule has 0 spiro atoms. The normalized spacial score (nSPS) is 11.5. The molecule has 0 aliphatic carbocycles. The van der Waals surface area contributed by atoms with E-state index in [0.29, 0.717) is 5.69 Å². The topological polar surface area (TPSA) is 48.3 Å². The Morgan fingerprint density at radius 1 is 1.32 bits per heavy atom. The lowest BCUT2D eigenvalue weighted by Crippen LogP contribution is -2.26. The van der Waals surface area contributed by atoms with Crippen molar-refractivity contribution in [3.8, 4) is 0 Å². The minimum atomic E-state index is -0.526. The van der Waals surface area contributed by atoms with Crippen LogP contribution in [-0.4, -0.2) is 22.4 Å². The van der Waals surface area contributed by atoms with Gasteiger partial charge < -0.3 is 9.30 Å². The second-order valence-electron chi connectivity index (χ2n) is 5.42. The van der Waals surface area contributed by atoms with E-state index in [2.05, 4.69) is 0 Å². The summed E-state index contributed by atoms with van der Waals surface area (Å²) >= 11 is 0. The molecule has 0 amide bonds. The van der Waals surface area contributed by atoms with Crippen molar-refractivity contribution in [1.29, 1.82) is 0 Å². The first kappa shape index (κ1) is 13.3. The summed E-state index contributed by atoms with van der Waals surface area (Å²) in [7, 11) is 0.